The second-order valence-electron chi connectivity index (χ2n) is 7.83. The van der Waals surface area contributed by atoms with E-state index in [4.69, 9.17) is 4.74 Å². The van der Waals surface area contributed by atoms with Crippen molar-refractivity contribution in [2.45, 2.75) is 51.2 Å². The summed E-state index contributed by atoms with van der Waals surface area (Å²) in [7, 11) is 0. The first-order valence-electron chi connectivity index (χ1n) is 10.6. The molecule has 3 heterocycles. The molecular weight excluding hydrogens is 385 g/mol. The van der Waals surface area contributed by atoms with Crippen LogP contribution in [0.2, 0.25) is 0 Å². The van der Waals surface area contributed by atoms with Gasteiger partial charge in [0.25, 0.3) is 0 Å². The molecular formula is C22H28FN5O2. The summed E-state index contributed by atoms with van der Waals surface area (Å²) in [5, 5.41) is 6.47. The maximum atomic E-state index is 13.2. The lowest BCUT2D eigenvalue weighted by molar-refractivity contribution is 0.0903. The van der Waals surface area contributed by atoms with Crippen molar-refractivity contribution in [2.24, 2.45) is 0 Å². The number of anilines is 1. The highest BCUT2D eigenvalue weighted by molar-refractivity contribution is 5.75. The summed E-state index contributed by atoms with van der Waals surface area (Å²) in [4.78, 5) is 23.8. The number of nitrogens with zero attached hydrogens (tertiary/aromatic N) is 3. The quantitative estimate of drug-likeness (QED) is 0.785. The molecule has 2 N–H and O–H groups in total. The lowest BCUT2D eigenvalue weighted by Crippen LogP contribution is -2.44. The van der Waals surface area contributed by atoms with Crippen molar-refractivity contribution >= 4 is 12.0 Å². The number of urea groups is 1. The molecule has 7 nitrogen and oxygen atoms in total. The van der Waals surface area contributed by atoms with E-state index in [0.29, 0.717) is 25.1 Å². The average Bonchev–Trinajstić information content (AvgIpc) is 2.78. The second-order valence-corrected chi connectivity index (χ2v) is 7.83. The molecule has 0 bridgehead atoms. The van der Waals surface area contributed by atoms with E-state index in [1.54, 1.807) is 17.0 Å². The molecule has 0 unspecified atom stereocenters. The van der Waals surface area contributed by atoms with Gasteiger partial charge >= 0.3 is 6.03 Å². The minimum Gasteiger partial charge on any atom is -0.381 e. The Morgan fingerprint density at radius 2 is 2.07 bits per heavy atom. The van der Waals surface area contributed by atoms with Gasteiger partial charge in [0.05, 0.1) is 18.3 Å². The lowest BCUT2D eigenvalue weighted by Gasteiger charge is -2.30. The van der Waals surface area contributed by atoms with Crippen LogP contribution in [-0.2, 0) is 17.7 Å². The Morgan fingerprint density at radius 3 is 2.80 bits per heavy atom. The second kappa shape index (κ2) is 9.38. The number of hydrogen-bond acceptors (Lipinski definition) is 5. The Hall–Kier alpha value is -2.74. The number of carbonyl (C=O) groups is 1. The minimum atomic E-state index is -0.280. The first kappa shape index (κ1) is 20.5. The van der Waals surface area contributed by atoms with E-state index in [1.165, 1.54) is 12.1 Å². The van der Waals surface area contributed by atoms with Gasteiger partial charge in [-0.1, -0.05) is 19.1 Å². The molecule has 1 fully saturated rings. The van der Waals surface area contributed by atoms with Crippen LogP contribution in [0.15, 0.2) is 30.5 Å². The van der Waals surface area contributed by atoms with Gasteiger partial charge in [-0.25, -0.2) is 19.2 Å². The van der Waals surface area contributed by atoms with E-state index in [9.17, 15) is 9.18 Å². The standard InChI is InChI=1S/C22H28FN5O2/c1-2-19(15-3-5-17(23)6-4-15)27-22(29)28-10-7-16-13-24-21(26-20(16)14-28)25-18-8-11-30-12-9-18/h3-6,13,18-19H,2,7-12,14H2,1H3,(H,27,29)(H,24,25,26)/t19-/m0/s1. The molecule has 1 saturated heterocycles. The Balaban J connectivity index is 1.40. The summed E-state index contributed by atoms with van der Waals surface area (Å²) in [5.74, 6) is 0.332. The molecule has 2 amide bonds. The average molecular weight is 413 g/mol. The van der Waals surface area contributed by atoms with Crippen molar-refractivity contribution in [3.05, 3.63) is 53.1 Å². The number of halogens is 1. The number of hydrogen-bond donors (Lipinski definition) is 2. The van der Waals surface area contributed by atoms with Gasteiger partial charge in [0.1, 0.15) is 5.82 Å². The Labute approximate surface area is 176 Å². The fourth-order valence-corrected chi connectivity index (χ4v) is 3.93. The topological polar surface area (TPSA) is 79.4 Å². The van der Waals surface area contributed by atoms with Crippen molar-refractivity contribution in [3.63, 3.8) is 0 Å². The summed E-state index contributed by atoms with van der Waals surface area (Å²) in [6, 6.07) is 6.31. The van der Waals surface area contributed by atoms with E-state index in [1.807, 2.05) is 13.1 Å². The first-order valence-corrected chi connectivity index (χ1v) is 10.6. The first-order chi connectivity index (χ1) is 14.6. The molecule has 0 spiro atoms. The zero-order chi connectivity index (χ0) is 20.9. The number of rotatable bonds is 5. The van der Waals surface area contributed by atoms with Gasteiger partial charge < -0.3 is 20.3 Å². The fraction of sp³-hybridized carbons (Fsp3) is 0.500. The lowest BCUT2D eigenvalue weighted by atomic mass is 10.0. The van der Waals surface area contributed by atoms with Gasteiger partial charge in [0, 0.05) is 32.0 Å². The van der Waals surface area contributed by atoms with Crippen LogP contribution < -0.4 is 10.6 Å². The van der Waals surface area contributed by atoms with Gasteiger partial charge in [-0.05, 0) is 48.9 Å². The highest BCUT2D eigenvalue weighted by Crippen LogP contribution is 2.21. The summed E-state index contributed by atoms with van der Waals surface area (Å²) in [5.41, 5.74) is 2.87. The third-order valence-corrected chi connectivity index (χ3v) is 5.77. The molecule has 160 valence electrons. The SMILES string of the molecule is CC[C@H](NC(=O)N1CCc2cnc(NC3CCOCC3)nc2C1)c1ccc(F)cc1. The van der Waals surface area contributed by atoms with Crippen LogP contribution in [0.3, 0.4) is 0 Å². The number of fused-ring (bicyclic) bond motifs is 1. The summed E-state index contributed by atoms with van der Waals surface area (Å²) in [6.45, 7) is 4.58. The van der Waals surface area contributed by atoms with Crippen LogP contribution in [-0.4, -0.2) is 46.7 Å². The molecule has 0 saturated carbocycles. The number of nitrogens with one attached hydrogen (secondary N) is 2. The molecule has 0 radical (unpaired) electrons. The highest BCUT2D eigenvalue weighted by atomic mass is 19.1. The predicted molar refractivity (Wildman–Crippen MR) is 112 cm³/mol. The number of ether oxygens (including phenoxy) is 1. The number of benzene rings is 1. The maximum Gasteiger partial charge on any atom is 0.318 e. The van der Waals surface area contributed by atoms with Crippen LogP contribution in [0.5, 0.6) is 0 Å². The van der Waals surface area contributed by atoms with Crippen LogP contribution in [0.1, 0.15) is 49.0 Å². The van der Waals surface area contributed by atoms with Crippen LogP contribution in [0.4, 0.5) is 15.1 Å². The van der Waals surface area contributed by atoms with Gasteiger partial charge in [-0.2, -0.15) is 0 Å². The van der Waals surface area contributed by atoms with Gasteiger partial charge in [0.2, 0.25) is 5.95 Å². The molecule has 2 aliphatic rings. The smallest absolute Gasteiger partial charge is 0.318 e. The van der Waals surface area contributed by atoms with Crippen molar-refractivity contribution < 1.29 is 13.9 Å². The van der Waals surface area contributed by atoms with Crippen LogP contribution in [0.25, 0.3) is 0 Å². The summed E-state index contributed by atoms with van der Waals surface area (Å²) < 4.78 is 18.6. The highest BCUT2D eigenvalue weighted by Gasteiger charge is 2.25. The molecule has 8 heteroatoms. The Morgan fingerprint density at radius 1 is 1.30 bits per heavy atom. The van der Waals surface area contributed by atoms with E-state index in [-0.39, 0.29) is 17.9 Å². The van der Waals surface area contributed by atoms with Gasteiger partial charge in [-0.3, -0.25) is 0 Å². The van der Waals surface area contributed by atoms with Crippen LogP contribution in [0, 0.1) is 5.82 Å². The molecule has 1 aromatic heterocycles. The van der Waals surface area contributed by atoms with Crippen molar-refractivity contribution in [1.82, 2.24) is 20.2 Å². The summed E-state index contributed by atoms with van der Waals surface area (Å²) in [6.07, 6.45) is 5.21. The third kappa shape index (κ3) is 4.87. The predicted octanol–water partition coefficient (Wildman–Crippen LogP) is 3.43. The largest absolute Gasteiger partial charge is 0.381 e. The molecule has 2 aromatic rings. The molecule has 30 heavy (non-hydrogen) atoms. The molecule has 2 aliphatic heterocycles. The van der Waals surface area contributed by atoms with Gasteiger partial charge in [-0.15, -0.1) is 0 Å². The minimum absolute atomic E-state index is 0.130. The Kier molecular flexibility index (Phi) is 6.42. The van der Waals surface area contributed by atoms with Gasteiger partial charge in [0.15, 0.2) is 0 Å². The normalized spacial score (nSPS) is 17.9. The molecule has 0 aliphatic carbocycles. The Bertz CT molecular complexity index is 870. The fourth-order valence-electron chi connectivity index (χ4n) is 3.93. The zero-order valence-electron chi connectivity index (χ0n) is 17.2. The van der Waals surface area contributed by atoms with Crippen molar-refractivity contribution in [2.75, 3.05) is 25.1 Å². The van der Waals surface area contributed by atoms with E-state index in [0.717, 1.165) is 55.7 Å². The molecule has 4 rings (SSSR count). The summed E-state index contributed by atoms with van der Waals surface area (Å²) >= 11 is 0. The third-order valence-electron chi connectivity index (χ3n) is 5.77. The monoisotopic (exact) mass is 413 g/mol. The van der Waals surface area contributed by atoms with Crippen molar-refractivity contribution in [1.29, 1.82) is 0 Å². The van der Waals surface area contributed by atoms with E-state index >= 15 is 0 Å². The molecule has 1 atom stereocenters. The molecule has 1 aromatic carbocycles. The van der Waals surface area contributed by atoms with Crippen LogP contribution >= 0.6 is 0 Å². The zero-order valence-corrected chi connectivity index (χ0v) is 17.2. The van der Waals surface area contributed by atoms with Crippen molar-refractivity contribution in [3.8, 4) is 0 Å². The number of amides is 2. The van der Waals surface area contributed by atoms with E-state index in [2.05, 4.69) is 20.6 Å². The number of aromatic nitrogens is 2. The maximum absolute atomic E-state index is 13.2. The number of carbonyl (C=O) groups excluding carboxylic acids is 1. The van der Waals surface area contributed by atoms with E-state index < -0.39 is 0 Å².